The molecule has 2 heterocycles. The van der Waals surface area contributed by atoms with E-state index in [1.807, 2.05) is 0 Å². The van der Waals surface area contributed by atoms with Crippen molar-refractivity contribution in [3.63, 3.8) is 0 Å². The van der Waals surface area contributed by atoms with Gasteiger partial charge >= 0.3 is 0 Å². The summed E-state index contributed by atoms with van der Waals surface area (Å²) >= 11 is 0. The summed E-state index contributed by atoms with van der Waals surface area (Å²) in [6.45, 7) is 4.20. The molecule has 2 aromatic rings. The zero-order valence-electron chi connectivity index (χ0n) is 14.2. The maximum atomic E-state index is 12.9. The van der Waals surface area contributed by atoms with E-state index < -0.39 is 0 Å². The van der Waals surface area contributed by atoms with Crippen LogP contribution in [0.2, 0.25) is 0 Å². The number of rotatable bonds is 4. The molecule has 0 saturated carbocycles. The molecule has 0 bridgehead atoms. The minimum Gasteiger partial charge on any atom is -0.356 e. The molecule has 0 unspecified atom stereocenters. The number of halogens is 1. The standard InChI is InChI=1S/C19H21FN4O/c1-14-8-10-24(11-9-14)18-12-17(21-13-22-18)23-19(25)7-4-15-2-5-16(20)6-3-15/h2-7,12-14H,8-11H2,1H3,(H,21,22,23,25)/b7-4+. The summed E-state index contributed by atoms with van der Waals surface area (Å²) in [4.78, 5) is 22.7. The molecule has 1 amide bonds. The fraction of sp³-hybridized carbons (Fsp3) is 0.316. The number of hydrogen-bond acceptors (Lipinski definition) is 4. The number of piperidine rings is 1. The highest BCUT2D eigenvalue weighted by Crippen LogP contribution is 2.22. The van der Waals surface area contributed by atoms with E-state index in [0.29, 0.717) is 5.82 Å². The minimum absolute atomic E-state index is 0.291. The number of benzene rings is 1. The second-order valence-corrected chi connectivity index (χ2v) is 6.31. The van der Waals surface area contributed by atoms with Crippen LogP contribution in [0.15, 0.2) is 42.7 Å². The lowest BCUT2D eigenvalue weighted by molar-refractivity contribution is -0.111. The Morgan fingerprint density at radius 3 is 2.68 bits per heavy atom. The van der Waals surface area contributed by atoms with Crippen LogP contribution in [0.4, 0.5) is 16.0 Å². The fourth-order valence-electron chi connectivity index (χ4n) is 2.74. The number of anilines is 2. The Hall–Kier alpha value is -2.76. The first kappa shape index (κ1) is 17.1. The van der Waals surface area contributed by atoms with Crippen molar-refractivity contribution in [3.05, 3.63) is 54.1 Å². The first-order chi connectivity index (χ1) is 12.1. The third-order valence-electron chi connectivity index (χ3n) is 4.31. The van der Waals surface area contributed by atoms with Crippen molar-refractivity contribution in [3.8, 4) is 0 Å². The summed E-state index contributed by atoms with van der Waals surface area (Å²) in [7, 11) is 0. The number of hydrogen-bond donors (Lipinski definition) is 1. The summed E-state index contributed by atoms with van der Waals surface area (Å²) in [5, 5.41) is 2.73. The molecule has 130 valence electrons. The van der Waals surface area contributed by atoms with Gasteiger partial charge in [-0.05, 0) is 42.5 Å². The van der Waals surface area contributed by atoms with Crippen LogP contribution in [0.25, 0.3) is 6.08 Å². The monoisotopic (exact) mass is 340 g/mol. The highest BCUT2D eigenvalue weighted by Gasteiger charge is 2.17. The van der Waals surface area contributed by atoms with Crippen LogP contribution in [0, 0.1) is 11.7 Å². The summed E-state index contributed by atoms with van der Waals surface area (Å²) in [6, 6.07) is 7.72. The van der Waals surface area contributed by atoms with Gasteiger partial charge in [0, 0.05) is 25.2 Å². The van der Waals surface area contributed by atoms with Gasteiger partial charge in [-0.2, -0.15) is 0 Å². The van der Waals surface area contributed by atoms with Crippen LogP contribution in [0.1, 0.15) is 25.3 Å². The van der Waals surface area contributed by atoms with Gasteiger partial charge < -0.3 is 10.2 Å². The van der Waals surface area contributed by atoms with Gasteiger partial charge in [0.1, 0.15) is 23.8 Å². The number of nitrogens with zero attached hydrogens (tertiary/aromatic N) is 3. The molecule has 1 aromatic carbocycles. The molecule has 1 fully saturated rings. The molecule has 0 aliphatic carbocycles. The summed E-state index contributed by atoms with van der Waals surface area (Å²) in [5.41, 5.74) is 0.752. The number of nitrogens with one attached hydrogen (secondary N) is 1. The van der Waals surface area contributed by atoms with Crippen LogP contribution in [-0.4, -0.2) is 29.0 Å². The van der Waals surface area contributed by atoms with E-state index in [1.165, 1.54) is 24.5 Å². The zero-order chi connectivity index (χ0) is 17.6. The summed E-state index contributed by atoms with van der Waals surface area (Å²) in [5.74, 6) is 1.45. The molecule has 1 aliphatic heterocycles. The van der Waals surface area contributed by atoms with E-state index in [1.54, 1.807) is 24.3 Å². The molecule has 1 N–H and O–H groups in total. The van der Waals surface area contributed by atoms with Crippen LogP contribution < -0.4 is 10.2 Å². The SMILES string of the molecule is CC1CCN(c2cc(NC(=O)/C=C/c3ccc(F)cc3)ncn2)CC1. The Kier molecular flexibility index (Phi) is 5.38. The molecule has 1 aromatic heterocycles. The third kappa shape index (κ3) is 4.86. The Bertz CT molecular complexity index is 752. The second kappa shape index (κ2) is 7.88. The van der Waals surface area contributed by atoms with Crippen LogP contribution >= 0.6 is 0 Å². The molecule has 3 rings (SSSR count). The Balaban J connectivity index is 1.61. The van der Waals surface area contributed by atoms with Crippen LogP contribution in [0.3, 0.4) is 0 Å². The molecule has 5 nitrogen and oxygen atoms in total. The number of carbonyl (C=O) groups is 1. The normalized spacial score (nSPS) is 15.5. The number of aromatic nitrogens is 2. The van der Waals surface area contributed by atoms with E-state index in [0.717, 1.165) is 43.2 Å². The van der Waals surface area contributed by atoms with Gasteiger partial charge in [-0.1, -0.05) is 19.1 Å². The van der Waals surface area contributed by atoms with E-state index in [4.69, 9.17) is 0 Å². The summed E-state index contributed by atoms with van der Waals surface area (Å²) < 4.78 is 12.9. The second-order valence-electron chi connectivity index (χ2n) is 6.31. The molecule has 0 spiro atoms. The maximum absolute atomic E-state index is 12.9. The van der Waals surface area contributed by atoms with Crippen molar-refractivity contribution < 1.29 is 9.18 Å². The molecule has 1 saturated heterocycles. The van der Waals surface area contributed by atoms with Crippen molar-refractivity contribution in [2.45, 2.75) is 19.8 Å². The van der Waals surface area contributed by atoms with Crippen LogP contribution in [-0.2, 0) is 4.79 Å². The molecular weight excluding hydrogens is 319 g/mol. The first-order valence-corrected chi connectivity index (χ1v) is 8.42. The molecule has 25 heavy (non-hydrogen) atoms. The van der Waals surface area contributed by atoms with Crippen molar-refractivity contribution in [1.82, 2.24) is 9.97 Å². The van der Waals surface area contributed by atoms with Gasteiger partial charge in [0.25, 0.3) is 0 Å². The predicted octanol–water partition coefficient (Wildman–Crippen LogP) is 3.50. The average molecular weight is 340 g/mol. The smallest absolute Gasteiger partial charge is 0.249 e. The van der Waals surface area contributed by atoms with Crippen molar-refractivity contribution in [2.75, 3.05) is 23.3 Å². The van der Waals surface area contributed by atoms with Gasteiger partial charge in [-0.3, -0.25) is 4.79 Å². The molecule has 0 radical (unpaired) electrons. The van der Waals surface area contributed by atoms with Gasteiger partial charge in [-0.15, -0.1) is 0 Å². The van der Waals surface area contributed by atoms with E-state index in [-0.39, 0.29) is 11.7 Å². The van der Waals surface area contributed by atoms with Gasteiger partial charge in [0.2, 0.25) is 5.91 Å². The topological polar surface area (TPSA) is 58.1 Å². The highest BCUT2D eigenvalue weighted by molar-refractivity contribution is 6.01. The lowest BCUT2D eigenvalue weighted by Crippen LogP contribution is -2.33. The van der Waals surface area contributed by atoms with Crippen molar-refractivity contribution in [1.29, 1.82) is 0 Å². The Labute approximate surface area is 146 Å². The Morgan fingerprint density at radius 1 is 1.24 bits per heavy atom. The fourth-order valence-corrected chi connectivity index (χ4v) is 2.74. The largest absolute Gasteiger partial charge is 0.356 e. The van der Waals surface area contributed by atoms with E-state index in [2.05, 4.69) is 27.1 Å². The quantitative estimate of drug-likeness (QED) is 0.866. The van der Waals surface area contributed by atoms with Gasteiger partial charge in [-0.25, -0.2) is 14.4 Å². The van der Waals surface area contributed by atoms with E-state index in [9.17, 15) is 9.18 Å². The molecular formula is C19H21FN4O. The third-order valence-corrected chi connectivity index (χ3v) is 4.31. The molecule has 6 heteroatoms. The van der Waals surface area contributed by atoms with Crippen molar-refractivity contribution in [2.24, 2.45) is 5.92 Å². The number of amides is 1. The lowest BCUT2D eigenvalue weighted by Gasteiger charge is -2.31. The average Bonchev–Trinajstić information content (AvgIpc) is 2.62. The zero-order valence-corrected chi connectivity index (χ0v) is 14.2. The maximum Gasteiger partial charge on any atom is 0.249 e. The lowest BCUT2D eigenvalue weighted by atomic mass is 9.99. The Morgan fingerprint density at radius 2 is 1.96 bits per heavy atom. The van der Waals surface area contributed by atoms with Gasteiger partial charge in [0.05, 0.1) is 0 Å². The first-order valence-electron chi connectivity index (χ1n) is 8.42. The highest BCUT2D eigenvalue weighted by atomic mass is 19.1. The molecule has 0 atom stereocenters. The predicted molar refractivity (Wildman–Crippen MR) is 96.7 cm³/mol. The summed E-state index contributed by atoms with van der Waals surface area (Å²) in [6.07, 6.45) is 6.78. The molecule has 1 aliphatic rings. The van der Waals surface area contributed by atoms with E-state index >= 15 is 0 Å². The number of carbonyl (C=O) groups excluding carboxylic acids is 1. The minimum atomic E-state index is -0.303. The van der Waals surface area contributed by atoms with Gasteiger partial charge in [0.15, 0.2) is 0 Å². The van der Waals surface area contributed by atoms with Crippen molar-refractivity contribution >= 4 is 23.6 Å². The van der Waals surface area contributed by atoms with Crippen LogP contribution in [0.5, 0.6) is 0 Å².